The molecule has 3 rings (SSSR count). The molecular weight excluding hydrogens is 378 g/mol. The van der Waals surface area contributed by atoms with Crippen molar-refractivity contribution in [2.24, 2.45) is 10.9 Å². The van der Waals surface area contributed by atoms with Crippen molar-refractivity contribution in [3.63, 3.8) is 0 Å². The summed E-state index contributed by atoms with van der Waals surface area (Å²) >= 11 is 0. The molecule has 0 bridgehead atoms. The zero-order chi connectivity index (χ0) is 21.0. The number of guanidine groups is 1. The van der Waals surface area contributed by atoms with Gasteiger partial charge >= 0.3 is 0 Å². The molecule has 2 heterocycles. The SMILES string of the molecule is CCNC(=NCCCC1CCCC1)NCCC(=O)N1CCN(c2ncccn2)CC1. The summed E-state index contributed by atoms with van der Waals surface area (Å²) in [6.07, 6.45) is 12.0. The number of amides is 1. The number of aliphatic imine (C=N–C) groups is 1. The molecule has 1 aromatic heterocycles. The number of hydrogen-bond donors (Lipinski definition) is 2. The van der Waals surface area contributed by atoms with Gasteiger partial charge in [-0.1, -0.05) is 25.7 Å². The summed E-state index contributed by atoms with van der Waals surface area (Å²) in [6, 6.07) is 1.82. The van der Waals surface area contributed by atoms with E-state index in [0.29, 0.717) is 26.1 Å². The van der Waals surface area contributed by atoms with E-state index in [-0.39, 0.29) is 5.91 Å². The molecule has 0 aromatic carbocycles. The highest BCUT2D eigenvalue weighted by atomic mass is 16.2. The average molecular weight is 416 g/mol. The number of aromatic nitrogens is 2. The zero-order valence-electron chi connectivity index (χ0n) is 18.4. The van der Waals surface area contributed by atoms with Crippen LogP contribution in [0.1, 0.15) is 51.9 Å². The highest BCUT2D eigenvalue weighted by Crippen LogP contribution is 2.28. The number of nitrogens with one attached hydrogen (secondary N) is 2. The van der Waals surface area contributed by atoms with Crippen LogP contribution in [0, 0.1) is 5.92 Å². The molecule has 8 nitrogen and oxygen atoms in total. The summed E-state index contributed by atoms with van der Waals surface area (Å²) < 4.78 is 0. The van der Waals surface area contributed by atoms with Crippen LogP contribution in [0.25, 0.3) is 0 Å². The van der Waals surface area contributed by atoms with Crippen LogP contribution in [0.4, 0.5) is 5.95 Å². The molecular formula is C22H37N7O. The molecule has 166 valence electrons. The number of carbonyl (C=O) groups is 1. The first-order chi connectivity index (χ1) is 14.8. The van der Waals surface area contributed by atoms with Gasteiger partial charge in [0.05, 0.1) is 0 Å². The second-order valence-electron chi connectivity index (χ2n) is 8.15. The van der Waals surface area contributed by atoms with E-state index < -0.39 is 0 Å². The summed E-state index contributed by atoms with van der Waals surface area (Å²) in [5.41, 5.74) is 0. The van der Waals surface area contributed by atoms with Gasteiger partial charge < -0.3 is 20.4 Å². The van der Waals surface area contributed by atoms with Crippen LogP contribution in [0.5, 0.6) is 0 Å². The first-order valence-corrected chi connectivity index (χ1v) is 11.6. The van der Waals surface area contributed by atoms with Crippen molar-refractivity contribution in [2.45, 2.75) is 51.9 Å². The van der Waals surface area contributed by atoms with Crippen LogP contribution in [-0.4, -0.2) is 72.5 Å². The quantitative estimate of drug-likeness (QED) is 0.365. The maximum Gasteiger partial charge on any atom is 0.225 e. The summed E-state index contributed by atoms with van der Waals surface area (Å²) in [6.45, 7) is 7.32. The van der Waals surface area contributed by atoms with Crippen LogP contribution >= 0.6 is 0 Å². The summed E-state index contributed by atoms with van der Waals surface area (Å²) in [5, 5.41) is 6.60. The first kappa shape index (κ1) is 22.3. The first-order valence-electron chi connectivity index (χ1n) is 11.6. The van der Waals surface area contributed by atoms with E-state index in [4.69, 9.17) is 0 Å². The van der Waals surface area contributed by atoms with Gasteiger partial charge in [-0.3, -0.25) is 9.79 Å². The van der Waals surface area contributed by atoms with Crippen molar-refractivity contribution in [1.29, 1.82) is 0 Å². The van der Waals surface area contributed by atoms with Gasteiger partial charge in [0.1, 0.15) is 0 Å². The Morgan fingerprint density at radius 3 is 2.57 bits per heavy atom. The van der Waals surface area contributed by atoms with E-state index in [1.807, 2.05) is 11.0 Å². The summed E-state index contributed by atoms with van der Waals surface area (Å²) in [7, 11) is 0. The lowest BCUT2D eigenvalue weighted by molar-refractivity contribution is -0.131. The number of piperazine rings is 1. The lowest BCUT2D eigenvalue weighted by Crippen LogP contribution is -2.50. The van der Waals surface area contributed by atoms with Crippen molar-refractivity contribution < 1.29 is 4.79 Å². The van der Waals surface area contributed by atoms with Gasteiger partial charge in [-0.15, -0.1) is 0 Å². The second kappa shape index (κ2) is 12.3. The Balaban J connectivity index is 1.33. The molecule has 1 saturated heterocycles. The number of rotatable bonds is 9. The minimum absolute atomic E-state index is 0.188. The molecule has 1 aliphatic heterocycles. The molecule has 0 spiro atoms. The fourth-order valence-electron chi connectivity index (χ4n) is 4.27. The van der Waals surface area contributed by atoms with E-state index in [0.717, 1.165) is 50.4 Å². The van der Waals surface area contributed by atoms with Crippen molar-refractivity contribution in [3.05, 3.63) is 18.5 Å². The van der Waals surface area contributed by atoms with Gasteiger partial charge in [0.2, 0.25) is 11.9 Å². The van der Waals surface area contributed by atoms with Gasteiger partial charge in [-0.2, -0.15) is 0 Å². The maximum absolute atomic E-state index is 12.6. The van der Waals surface area contributed by atoms with Crippen molar-refractivity contribution in [1.82, 2.24) is 25.5 Å². The van der Waals surface area contributed by atoms with E-state index in [1.54, 1.807) is 12.4 Å². The second-order valence-corrected chi connectivity index (χ2v) is 8.15. The number of nitrogens with zero attached hydrogens (tertiary/aromatic N) is 5. The molecule has 1 aliphatic carbocycles. The highest BCUT2D eigenvalue weighted by Gasteiger charge is 2.22. The lowest BCUT2D eigenvalue weighted by atomic mass is 10.0. The molecule has 0 atom stereocenters. The number of carbonyl (C=O) groups excluding carboxylic acids is 1. The van der Waals surface area contributed by atoms with Gasteiger partial charge in [0.25, 0.3) is 0 Å². The molecule has 1 aromatic rings. The van der Waals surface area contributed by atoms with Crippen LogP contribution in [-0.2, 0) is 4.79 Å². The van der Waals surface area contributed by atoms with Crippen LogP contribution in [0.15, 0.2) is 23.5 Å². The Kier molecular flexibility index (Phi) is 9.18. The van der Waals surface area contributed by atoms with E-state index in [9.17, 15) is 4.79 Å². The van der Waals surface area contributed by atoms with Crippen molar-refractivity contribution in [3.8, 4) is 0 Å². The third-order valence-corrected chi connectivity index (χ3v) is 5.96. The zero-order valence-corrected chi connectivity index (χ0v) is 18.4. The molecule has 2 aliphatic rings. The molecule has 0 radical (unpaired) electrons. The monoisotopic (exact) mass is 415 g/mol. The van der Waals surface area contributed by atoms with E-state index >= 15 is 0 Å². The minimum Gasteiger partial charge on any atom is -0.357 e. The molecule has 1 amide bonds. The number of hydrogen-bond acceptors (Lipinski definition) is 5. The third kappa shape index (κ3) is 7.15. The average Bonchev–Trinajstić information content (AvgIpc) is 3.31. The third-order valence-electron chi connectivity index (χ3n) is 5.96. The smallest absolute Gasteiger partial charge is 0.225 e. The summed E-state index contributed by atoms with van der Waals surface area (Å²) in [5.74, 6) is 2.67. The molecule has 1 saturated carbocycles. The Morgan fingerprint density at radius 1 is 1.13 bits per heavy atom. The molecule has 2 fully saturated rings. The Labute approximate surface area is 180 Å². The maximum atomic E-state index is 12.6. The largest absolute Gasteiger partial charge is 0.357 e. The van der Waals surface area contributed by atoms with Gasteiger partial charge in [-0.25, -0.2) is 9.97 Å². The standard InChI is InChI=1S/C22H37N7O/c1-2-23-21(24-11-5-9-19-7-3-4-8-19)25-14-10-20(30)28-15-17-29(18-16-28)22-26-12-6-13-27-22/h6,12-13,19H,2-5,7-11,14-18H2,1H3,(H2,23,24,25). The van der Waals surface area contributed by atoms with E-state index in [2.05, 4.69) is 37.4 Å². The Bertz CT molecular complexity index is 653. The van der Waals surface area contributed by atoms with Gasteiger partial charge in [-0.05, 0) is 31.7 Å². The molecule has 8 heteroatoms. The predicted octanol–water partition coefficient (Wildman–Crippen LogP) is 2.04. The van der Waals surface area contributed by atoms with Crippen LogP contribution in [0.2, 0.25) is 0 Å². The van der Waals surface area contributed by atoms with Crippen molar-refractivity contribution in [2.75, 3.05) is 50.7 Å². The van der Waals surface area contributed by atoms with Gasteiger partial charge in [0, 0.05) is 64.6 Å². The topological polar surface area (TPSA) is 85.8 Å². The Morgan fingerprint density at radius 2 is 1.87 bits per heavy atom. The highest BCUT2D eigenvalue weighted by molar-refractivity contribution is 5.81. The lowest BCUT2D eigenvalue weighted by Gasteiger charge is -2.34. The molecule has 0 unspecified atom stereocenters. The normalized spacial score (nSPS) is 18.0. The predicted molar refractivity (Wildman–Crippen MR) is 121 cm³/mol. The molecule has 30 heavy (non-hydrogen) atoms. The fraction of sp³-hybridized carbons (Fsp3) is 0.727. The van der Waals surface area contributed by atoms with Crippen LogP contribution in [0.3, 0.4) is 0 Å². The fourth-order valence-corrected chi connectivity index (χ4v) is 4.27. The van der Waals surface area contributed by atoms with Crippen LogP contribution < -0.4 is 15.5 Å². The Hall–Kier alpha value is -2.38. The van der Waals surface area contributed by atoms with Crippen molar-refractivity contribution >= 4 is 17.8 Å². The summed E-state index contributed by atoms with van der Waals surface area (Å²) in [4.78, 5) is 29.9. The van der Waals surface area contributed by atoms with E-state index in [1.165, 1.54) is 32.1 Å². The van der Waals surface area contributed by atoms with Gasteiger partial charge in [0.15, 0.2) is 5.96 Å². The number of anilines is 1. The molecule has 2 N–H and O–H groups in total. The minimum atomic E-state index is 0.188.